The average molecular weight is 544 g/mol. The Labute approximate surface area is 223 Å². The Morgan fingerprint density at radius 1 is 1.11 bits per heavy atom. The summed E-state index contributed by atoms with van der Waals surface area (Å²) in [5.41, 5.74) is 1.69. The molecular formula is C26H27ClFN5O5. The van der Waals surface area contributed by atoms with E-state index in [1.54, 1.807) is 17.6 Å². The molecule has 0 unspecified atom stereocenters. The average Bonchev–Trinajstić information content (AvgIpc) is 3.61. The number of quaternary nitrogens is 1. The molecule has 4 heterocycles. The van der Waals surface area contributed by atoms with Crippen molar-refractivity contribution < 1.29 is 41.2 Å². The van der Waals surface area contributed by atoms with Crippen LogP contribution >= 0.6 is 0 Å². The molecule has 1 saturated heterocycles. The Balaban J connectivity index is 0.00000294. The molecule has 1 saturated carbocycles. The number of anilines is 1. The van der Waals surface area contributed by atoms with Gasteiger partial charge < -0.3 is 32.1 Å². The highest BCUT2D eigenvalue weighted by Gasteiger charge is 2.46. The zero-order valence-corrected chi connectivity index (χ0v) is 21.7. The molecule has 1 spiro atoms. The molecule has 0 atom stereocenters. The second-order valence-corrected chi connectivity index (χ2v) is 10.3. The molecule has 4 aliphatic rings. The van der Waals surface area contributed by atoms with Gasteiger partial charge in [0.1, 0.15) is 30.0 Å². The van der Waals surface area contributed by atoms with Crippen molar-refractivity contribution in [3.8, 4) is 0 Å². The number of aromatic carboxylic acids is 1. The summed E-state index contributed by atoms with van der Waals surface area (Å²) in [7, 11) is 0. The van der Waals surface area contributed by atoms with Gasteiger partial charge in [0.25, 0.3) is 0 Å². The number of carboxylic acid groups (broad SMARTS) is 2. The van der Waals surface area contributed by atoms with Gasteiger partial charge in [-0.2, -0.15) is 4.59 Å². The monoisotopic (exact) mass is 543 g/mol. The van der Waals surface area contributed by atoms with Crippen molar-refractivity contribution >= 4 is 34.4 Å². The summed E-state index contributed by atoms with van der Waals surface area (Å²) >= 11 is 0. The molecule has 2 N–H and O–H groups in total. The fraction of sp³-hybridized carbons (Fsp3) is 0.385. The number of aliphatic carboxylic acids is 1. The fourth-order valence-electron chi connectivity index (χ4n) is 5.71. The van der Waals surface area contributed by atoms with E-state index >= 15 is 4.39 Å². The smallest absolute Gasteiger partial charge is 0.341 e. The van der Waals surface area contributed by atoms with Gasteiger partial charge in [-0.15, -0.1) is 0 Å². The van der Waals surface area contributed by atoms with Crippen molar-refractivity contribution in [1.29, 1.82) is 0 Å². The molecule has 1 aliphatic carbocycles. The minimum absolute atomic E-state index is 0. The molecule has 2 fully saturated rings. The third-order valence-corrected chi connectivity index (χ3v) is 7.83. The Hall–Kier alpha value is -3.70. The molecule has 2 aromatic rings. The van der Waals surface area contributed by atoms with Crippen molar-refractivity contribution in [3.05, 3.63) is 62.9 Å². The number of aromatic nitrogens is 1. The molecule has 1 aromatic heterocycles. The van der Waals surface area contributed by atoms with Crippen LogP contribution in [0.15, 0.2) is 51.1 Å². The van der Waals surface area contributed by atoms with Crippen LogP contribution in [0.1, 0.15) is 43.1 Å². The molecule has 0 radical (unpaired) electrons. The number of piperazine rings is 1. The molecule has 3 aliphatic heterocycles. The zero-order chi connectivity index (χ0) is 26.2. The molecule has 10 nitrogen and oxygen atoms in total. The molecule has 200 valence electrons. The van der Waals surface area contributed by atoms with Crippen molar-refractivity contribution in [1.82, 2.24) is 9.47 Å². The summed E-state index contributed by atoms with van der Waals surface area (Å²) < 4.78 is 17.5. The third kappa shape index (κ3) is 3.97. The van der Waals surface area contributed by atoms with Gasteiger partial charge in [0, 0.05) is 23.3 Å². The van der Waals surface area contributed by atoms with Gasteiger partial charge in [0.2, 0.25) is 11.3 Å². The summed E-state index contributed by atoms with van der Waals surface area (Å²) in [6, 6.07) is 2.92. The first kappa shape index (κ1) is 25.9. The summed E-state index contributed by atoms with van der Waals surface area (Å²) in [6.07, 6.45) is 5.00. The first-order chi connectivity index (χ1) is 17.6. The van der Waals surface area contributed by atoms with Gasteiger partial charge in [-0.3, -0.25) is 9.69 Å². The van der Waals surface area contributed by atoms with E-state index in [1.807, 2.05) is 22.8 Å². The van der Waals surface area contributed by atoms with Gasteiger partial charge >= 0.3 is 11.9 Å². The Morgan fingerprint density at radius 2 is 1.79 bits per heavy atom. The first-order valence-corrected chi connectivity index (χ1v) is 12.3. The first-order valence-electron chi connectivity index (χ1n) is 12.3. The predicted molar refractivity (Wildman–Crippen MR) is 134 cm³/mol. The van der Waals surface area contributed by atoms with Crippen LogP contribution in [0.5, 0.6) is 0 Å². The molecule has 0 amide bonds. The van der Waals surface area contributed by atoms with Crippen molar-refractivity contribution in [2.45, 2.75) is 32.7 Å². The van der Waals surface area contributed by atoms with Gasteiger partial charge in [0.15, 0.2) is 6.67 Å². The second kappa shape index (κ2) is 8.95. The van der Waals surface area contributed by atoms with Crippen LogP contribution in [0.3, 0.4) is 0 Å². The summed E-state index contributed by atoms with van der Waals surface area (Å²) in [4.78, 5) is 40.2. The maximum Gasteiger partial charge on any atom is 0.341 e. The highest BCUT2D eigenvalue weighted by atomic mass is 35.5. The lowest BCUT2D eigenvalue weighted by molar-refractivity contribution is -0.935. The van der Waals surface area contributed by atoms with E-state index in [0.717, 1.165) is 24.6 Å². The number of carbonyl (C=O) groups is 2. The number of halogens is 2. The number of fused-ring (bicyclic) bond motifs is 2. The van der Waals surface area contributed by atoms with E-state index in [4.69, 9.17) is 5.10 Å². The zero-order valence-electron chi connectivity index (χ0n) is 20.9. The quantitative estimate of drug-likeness (QED) is 0.510. The highest BCUT2D eigenvalue weighted by molar-refractivity contribution is 6.20. The lowest BCUT2D eigenvalue weighted by atomic mass is 10.0. The maximum absolute atomic E-state index is 15.4. The normalized spacial score (nSPS) is 20.3. The van der Waals surface area contributed by atoms with Crippen LogP contribution in [0.4, 0.5) is 10.1 Å². The molecule has 0 bridgehead atoms. The summed E-state index contributed by atoms with van der Waals surface area (Å²) in [5.74, 6) is -2.42. The predicted octanol–water partition coefficient (Wildman–Crippen LogP) is -0.280. The van der Waals surface area contributed by atoms with E-state index in [2.05, 4.69) is 0 Å². The Bertz CT molecular complexity index is 1550. The van der Waals surface area contributed by atoms with E-state index in [1.165, 1.54) is 6.20 Å². The summed E-state index contributed by atoms with van der Waals surface area (Å²) in [6.45, 7) is 6.33. The Kier molecular flexibility index (Phi) is 6.11. The van der Waals surface area contributed by atoms with Crippen molar-refractivity contribution in [3.63, 3.8) is 0 Å². The van der Waals surface area contributed by atoms with Crippen molar-refractivity contribution in [2.24, 2.45) is 5.10 Å². The van der Waals surface area contributed by atoms with E-state index in [0.29, 0.717) is 60.1 Å². The number of benzene rings is 1. The number of pyridine rings is 1. The molecular weight excluding hydrogens is 517 g/mol. The van der Waals surface area contributed by atoms with Crippen LogP contribution in [0.2, 0.25) is 0 Å². The second-order valence-electron chi connectivity index (χ2n) is 10.3. The van der Waals surface area contributed by atoms with Gasteiger partial charge in [-0.1, -0.05) is 5.10 Å². The van der Waals surface area contributed by atoms with Crippen LogP contribution in [0, 0.1) is 5.82 Å². The lowest BCUT2D eigenvalue weighted by Gasteiger charge is -2.39. The fourth-order valence-corrected chi connectivity index (χ4v) is 5.71. The molecule has 1 aromatic carbocycles. The maximum atomic E-state index is 15.4. The number of hydrogen-bond acceptors (Lipinski definition) is 6. The topological polar surface area (TPSA) is 115 Å². The van der Waals surface area contributed by atoms with E-state index in [9.17, 15) is 24.6 Å². The number of hydrogen-bond donors (Lipinski definition) is 2. The van der Waals surface area contributed by atoms with Crippen LogP contribution in [-0.2, 0) is 4.79 Å². The molecule has 38 heavy (non-hydrogen) atoms. The largest absolute Gasteiger partial charge is 1.00 e. The SMILES string of the molecule is CC1=CC(C)=C(C(=O)O)C2=N[N+]3(CCN(c4cc5c(cc4F)c(=O)c(C(=O)O)cn5C4CC4)CC3)CN12.[Cl-]. The van der Waals surface area contributed by atoms with E-state index in [-0.39, 0.29) is 35.0 Å². The van der Waals surface area contributed by atoms with Gasteiger partial charge in [0.05, 0.1) is 24.3 Å². The summed E-state index contributed by atoms with van der Waals surface area (Å²) in [5, 5.41) is 24.2. The van der Waals surface area contributed by atoms with Crippen molar-refractivity contribution in [2.75, 3.05) is 37.7 Å². The number of nitrogens with zero attached hydrogens (tertiary/aromatic N) is 5. The van der Waals surface area contributed by atoms with E-state index < -0.39 is 23.2 Å². The number of amidine groups is 1. The molecule has 6 rings (SSSR count). The van der Waals surface area contributed by atoms with Crippen LogP contribution < -0.4 is 22.7 Å². The van der Waals surface area contributed by atoms with Crippen LogP contribution in [0.25, 0.3) is 10.9 Å². The minimum atomic E-state index is -1.32. The minimum Gasteiger partial charge on any atom is -1.00 e. The highest BCUT2D eigenvalue weighted by Crippen LogP contribution is 2.39. The standard InChI is InChI=1S/C26H26FN5O5.ClH/c1-14-9-15(2)31-13-32(28-24(31)22(14)26(36)37)7-5-29(6-8-32)21-11-20-17(10-19(21)27)23(33)18(25(34)35)12-30(20)16-3-4-16;/h9-12,16H,3-8,13H2,1-2H3,(H-,34,35,36,37);1H. The lowest BCUT2D eigenvalue weighted by Crippen LogP contribution is -3.00. The van der Waals surface area contributed by atoms with Crippen LogP contribution in [-0.4, -0.2) is 74.9 Å². The third-order valence-electron chi connectivity index (χ3n) is 7.83. The number of allylic oxidation sites excluding steroid dienone is 3. The number of carboxylic acids is 2. The number of rotatable bonds is 4. The van der Waals surface area contributed by atoms with Gasteiger partial charge in [-0.25, -0.2) is 14.0 Å². The molecule has 12 heteroatoms. The Morgan fingerprint density at radius 3 is 2.39 bits per heavy atom. The van der Waals surface area contributed by atoms with Gasteiger partial charge in [-0.05, 0) is 50.5 Å².